The number of piperidine rings is 1. The molecule has 2 N–H and O–H groups in total. The molecule has 0 aromatic heterocycles. The number of carbonyl (C=O) groups excluding carboxylic acids is 3. The van der Waals surface area contributed by atoms with Crippen LogP contribution in [0.5, 0.6) is 0 Å². The molecule has 0 spiro atoms. The second kappa shape index (κ2) is 9.40. The summed E-state index contributed by atoms with van der Waals surface area (Å²) in [6.45, 7) is 3.13. The smallest absolute Gasteiger partial charge is 0.305 e. The van der Waals surface area contributed by atoms with Crippen molar-refractivity contribution in [3.05, 3.63) is 0 Å². The largest absolute Gasteiger partial charge is 0.469 e. The Labute approximate surface area is 131 Å². The molecule has 1 heterocycles. The zero-order chi connectivity index (χ0) is 16.4. The number of carbonyl (C=O) groups is 3. The maximum absolute atomic E-state index is 12.1. The van der Waals surface area contributed by atoms with Gasteiger partial charge in [-0.15, -0.1) is 0 Å². The van der Waals surface area contributed by atoms with Crippen LogP contribution in [-0.2, 0) is 23.9 Å². The van der Waals surface area contributed by atoms with E-state index in [1.807, 2.05) is 0 Å². The first kappa shape index (κ1) is 18.4. The van der Waals surface area contributed by atoms with Crippen LogP contribution in [0.25, 0.3) is 0 Å². The molecule has 126 valence electrons. The van der Waals surface area contributed by atoms with Crippen LogP contribution < -0.4 is 10.6 Å². The SMILES string of the molecule is COC(=O)CCCCC(=O)NC1(COC(C)=O)CCNCC1. The van der Waals surface area contributed by atoms with Gasteiger partial charge < -0.3 is 20.1 Å². The number of hydrogen-bond donors (Lipinski definition) is 2. The van der Waals surface area contributed by atoms with Crippen LogP contribution >= 0.6 is 0 Å². The van der Waals surface area contributed by atoms with E-state index in [-0.39, 0.29) is 24.5 Å². The van der Waals surface area contributed by atoms with Gasteiger partial charge in [-0.05, 0) is 38.8 Å². The molecule has 0 radical (unpaired) electrons. The van der Waals surface area contributed by atoms with Gasteiger partial charge in [0.2, 0.25) is 5.91 Å². The molecule has 1 amide bonds. The van der Waals surface area contributed by atoms with Gasteiger partial charge in [-0.3, -0.25) is 14.4 Å². The third-order valence-electron chi connectivity index (χ3n) is 3.78. The predicted octanol–water partition coefficient (Wildman–Crippen LogP) is 0.521. The highest BCUT2D eigenvalue weighted by Crippen LogP contribution is 2.19. The summed E-state index contributed by atoms with van der Waals surface area (Å²) in [5.74, 6) is -0.672. The number of methoxy groups -OCH3 is 1. The standard InChI is InChI=1S/C15H26N2O5/c1-12(18)22-11-15(7-9-16-10-8-15)17-13(19)5-3-4-6-14(20)21-2/h16H,3-11H2,1-2H3,(H,17,19). The number of unbranched alkanes of at least 4 members (excludes halogenated alkanes) is 1. The van der Waals surface area contributed by atoms with Crippen LogP contribution in [0.1, 0.15) is 45.4 Å². The van der Waals surface area contributed by atoms with Gasteiger partial charge in [0.1, 0.15) is 6.61 Å². The first-order valence-electron chi connectivity index (χ1n) is 7.69. The molecule has 1 aliphatic heterocycles. The molecule has 1 fully saturated rings. The molecule has 1 rings (SSSR count). The van der Waals surface area contributed by atoms with Crippen molar-refractivity contribution >= 4 is 17.8 Å². The molecule has 0 aliphatic carbocycles. The monoisotopic (exact) mass is 314 g/mol. The molecule has 22 heavy (non-hydrogen) atoms. The van der Waals surface area contributed by atoms with Gasteiger partial charge in [0, 0.05) is 19.8 Å². The summed E-state index contributed by atoms with van der Waals surface area (Å²) in [7, 11) is 1.35. The third-order valence-corrected chi connectivity index (χ3v) is 3.78. The summed E-state index contributed by atoms with van der Waals surface area (Å²) < 4.78 is 9.67. The van der Waals surface area contributed by atoms with Gasteiger partial charge in [0.25, 0.3) is 0 Å². The van der Waals surface area contributed by atoms with E-state index in [1.54, 1.807) is 0 Å². The maximum Gasteiger partial charge on any atom is 0.305 e. The van der Waals surface area contributed by atoms with Crippen LogP contribution in [-0.4, -0.2) is 50.2 Å². The van der Waals surface area contributed by atoms with Crippen molar-refractivity contribution in [2.24, 2.45) is 0 Å². The van der Waals surface area contributed by atoms with E-state index in [0.29, 0.717) is 25.7 Å². The van der Waals surface area contributed by atoms with Gasteiger partial charge >= 0.3 is 11.9 Å². The third kappa shape index (κ3) is 6.89. The number of amides is 1. The first-order valence-corrected chi connectivity index (χ1v) is 7.69. The summed E-state index contributed by atoms with van der Waals surface area (Å²) in [5.41, 5.74) is -0.476. The highest BCUT2D eigenvalue weighted by atomic mass is 16.5. The van der Waals surface area contributed by atoms with E-state index in [9.17, 15) is 14.4 Å². The molecule has 0 saturated carbocycles. The fourth-order valence-corrected chi connectivity index (χ4v) is 2.47. The number of nitrogens with one attached hydrogen (secondary N) is 2. The first-order chi connectivity index (χ1) is 10.5. The van der Waals surface area contributed by atoms with Gasteiger partial charge in [0.05, 0.1) is 12.6 Å². The Kier molecular flexibility index (Phi) is 7.87. The Morgan fingerprint density at radius 2 is 1.77 bits per heavy atom. The number of ether oxygens (including phenoxy) is 2. The van der Waals surface area contributed by atoms with E-state index < -0.39 is 5.54 Å². The van der Waals surface area contributed by atoms with E-state index in [1.165, 1.54) is 14.0 Å². The minimum Gasteiger partial charge on any atom is -0.469 e. The highest BCUT2D eigenvalue weighted by molar-refractivity contribution is 5.77. The van der Waals surface area contributed by atoms with Crippen LogP contribution in [0.4, 0.5) is 0 Å². The molecule has 7 nitrogen and oxygen atoms in total. The lowest BCUT2D eigenvalue weighted by Crippen LogP contribution is -2.57. The Bertz CT molecular complexity index is 391. The molecule has 0 aromatic rings. The predicted molar refractivity (Wildman–Crippen MR) is 80.1 cm³/mol. The summed E-state index contributed by atoms with van der Waals surface area (Å²) in [6, 6.07) is 0. The van der Waals surface area contributed by atoms with Crippen molar-refractivity contribution < 1.29 is 23.9 Å². The summed E-state index contributed by atoms with van der Waals surface area (Å²) in [5, 5.41) is 6.25. The lowest BCUT2D eigenvalue weighted by atomic mass is 9.89. The minimum atomic E-state index is -0.476. The normalized spacial score (nSPS) is 16.6. The van der Waals surface area contributed by atoms with Crippen molar-refractivity contribution in [1.29, 1.82) is 0 Å². The van der Waals surface area contributed by atoms with E-state index >= 15 is 0 Å². The molecule has 0 bridgehead atoms. The summed E-state index contributed by atoms with van der Waals surface area (Å²) in [6.07, 6.45) is 3.39. The second-order valence-electron chi connectivity index (χ2n) is 5.64. The second-order valence-corrected chi connectivity index (χ2v) is 5.64. The lowest BCUT2D eigenvalue weighted by Gasteiger charge is -2.37. The molecule has 1 saturated heterocycles. The zero-order valence-electron chi connectivity index (χ0n) is 13.4. The van der Waals surface area contributed by atoms with Gasteiger partial charge in [0.15, 0.2) is 0 Å². The number of rotatable bonds is 8. The van der Waals surface area contributed by atoms with E-state index in [2.05, 4.69) is 15.4 Å². The molecule has 0 unspecified atom stereocenters. The molecule has 0 aromatic carbocycles. The van der Waals surface area contributed by atoms with Crippen LogP contribution in [0.2, 0.25) is 0 Å². The molecule has 1 aliphatic rings. The molecular formula is C15H26N2O5. The van der Waals surface area contributed by atoms with Crippen LogP contribution in [0, 0.1) is 0 Å². The van der Waals surface area contributed by atoms with Gasteiger partial charge in [-0.1, -0.05) is 0 Å². The van der Waals surface area contributed by atoms with Crippen molar-refractivity contribution in [2.75, 3.05) is 26.8 Å². The number of hydrogen-bond acceptors (Lipinski definition) is 6. The van der Waals surface area contributed by atoms with Crippen molar-refractivity contribution in [3.8, 4) is 0 Å². The Hall–Kier alpha value is -1.63. The maximum atomic E-state index is 12.1. The average molecular weight is 314 g/mol. The highest BCUT2D eigenvalue weighted by Gasteiger charge is 2.34. The topological polar surface area (TPSA) is 93.7 Å². The van der Waals surface area contributed by atoms with Crippen molar-refractivity contribution in [2.45, 2.75) is 51.0 Å². The Morgan fingerprint density at radius 3 is 2.36 bits per heavy atom. The molecule has 0 atom stereocenters. The van der Waals surface area contributed by atoms with Gasteiger partial charge in [-0.25, -0.2) is 0 Å². The fraction of sp³-hybridized carbons (Fsp3) is 0.800. The zero-order valence-corrected chi connectivity index (χ0v) is 13.4. The Morgan fingerprint density at radius 1 is 1.14 bits per heavy atom. The Balaban J connectivity index is 2.39. The van der Waals surface area contributed by atoms with Gasteiger partial charge in [-0.2, -0.15) is 0 Å². The van der Waals surface area contributed by atoms with Crippen molar-refractivity contribution in [3.63, 3.8) is 0 Å². The van der Waals surface area contributed by atoms with E-state index in [0.717, 1.165) is 25.9 Å². The average Bonchev–Trinajstić information content (AvgIpc) is 2.50. The molecule has 7 heteroatoms. The fourth-order valence-electron chi connectivity index (χ4n) is 2.47. The summed E-state index contributed by atoms with van der Waals surface area (Å²) >= 11 is 0. The van der Waals surface area contributed by atoms with Crippen molar-refractivity contribution in [1.82, 2.24) is 10.6 Å². The van der Waals surface area contributed by atoms with Crippen LogP contribution in [0.3, 0.4) is 0 Å². The minimum absolute atomic E-state index is 0.0704. The molecular weight excluding hydrogens is 288 g/mol. The summed E-state index contributed by atoms with van der Waals surface area (Å²) in [4.78, 5) is 34.1. The van der Waals surface area contributed by atoms with E-state index in [4.69, 9.17) is 4.74 Å². The van der Waals surface area contributed by atoms with Crippen LogP contribution in [0.15, 0.2) is 0 Å². The quantitative estimate of drug-likeness (QED) is 0.501. The number of esters is 2. The lowest BCUT2D eigenvalue weighted by molar-refractivity contribution is -0.145.